The molecule has 2 aliphatic heterocycles. The third-order valence-electron chi connectivity index (χ3n) is 7.53. The van der Waals surface area contributed by atoms with Gasteiger partial charge in [-0.2, -0.15) is 18.4 Å². The summed E-state index contributed by atoms with van der Waals surface area (Å²) in [6, 6.07) is 14.3. The summed E-state index contributed by atoms with van der Waals surface area (Å²) < 4.78 is 42.1. The second kappa shape index (κ2) is 9.67. The topological polar surface area (TPSA) is 76.0 Å². The van der Waals surface area contributed by atoms with Crippen molar-refractivity contribution in [3.8, 4) is 17.3 Å². The molecule has 9 heteroatoms. The van der Waals surface area contributed by atoms with Crippen molar-refractivity contribution in [1.82, 2.24) is 19.8 Å². The molecule has 0 unspecified atom stereocenters. The van der Waals surface area contributed by atoms with Crippen LogP contribution in [0.5, 0.6) is 0 Å². The second-order valence-electron chi connectivity index (χ2n) is 10.1. The van der Waals surface area contributed by atoms with E-state index in [1.807, 2.05) is 19.2 Å². The van der Waals surface area contributed by atoms with Crippen molar-refractivity contribution in [2.24, 2.45) is 0 Å². The first-order chi connectivity index (χ1) is 17.6. The number of benzene rings is 2. The van der Waals surface area contributed by atoms with Crippen LogP contribution in [0.15, 0.2) is 42.5 Å². The number of piperidine rings is 1. The van der Waals surface area contributed by atoms with Crippen molar-refractivity contribution in [3.63, 3.8) is 0 Å². The number of carbonyl (C=O) groups is 1. The maximum Gasteiger partial charge on any atom is 0.435 e. The molecule has 0 saturated carbocycles. The lowest BCUT2D eigenvalue weighted by atomic mass is 9.90. The number of aromatic nitrogens is 2. The van der Waals surface area contributed by atoms with Gasteiger partial charge in [-0.05, 0) is 75.3 Å². The van der Waals surface area contributed by atoms with Crippen LogP contribution in [-0.2, 0) is 6.18 Å². The van der Waals surface area contributed by atoms with E-state index in [0.29, 0.717) is 41.2 Å². The van der Waals surface area contributed by atoms with Crippen molar-refractivity contribution in [2.75, 3.05) is 33.2 Å². The zero-order valence-corrected chi connectivity index (χ0v) is 20.8. The number of aromatic amines is 1. The van der Waals surface area contributed by atoms with Crippen LogP contribution in [0.2, 0.25) is 0 Å². The molecule has 1 N–H and O–H groups in total. The zero-order chi connectivity index (χ0) is 26.3. The largest absolute Gasteiger partial charge is 0.435 e. The summed E-state index contributed by atoms with van der Waals surface area (Å²) in [6.07, 6.45) is -3.13. The predicted octanol–water partition coefficient (Wildman–Crippen LogP) is 5.32. The van der Waals surface area contributed by atoms with Gasteiger partial charge in [-0.3, -0.25) is 4.79 Å². The number of amides is 1. The average molecular weight is 508 g/mol. The minimum absolute atomic E-state index is 0.0589. The highest BCUT2D eigenvalue weighted by Crippen LogP contribution is 2.39. The molecule has 3 aromatic rings. The average Bonchev–Trinajstić information content (AvgIpc) is 3.30. The summed E-state index contributed by atoms with van der Waals surface area (Å²) in [5, 5.41) is 8.97. The van der Waals surface area contributed by atoms with Crippen LogP contribution in [-0.4, -0.2) is 58.9 Å². The molecule has 192 valence electrons. The van der Waals surface area contributed by atoms with E-state index in [4.69, 9.17) is 5.26 Å². The van der Waals surface area contributed by atoms with Gasteiger partial charge in [-0.25, -0.2) is 4.98 Å². The molecule has 6 nitrogen and oxygen atoms in total. The molecule has 5 rings (SSSR count). The Kier molecular flexibility index (Phi) is 6.54. The van der Waals surface area contributed by atoms with Crippen LogP contribution in [0.25, 0.3) is 11.3 Å². The Bertz CT molecular complexity index is 1340. The maximum absolute atomic E-state index is 14.0. The number of imidazole rings is 1. The number of nitrogens with one attached hydrogen (secondary N) is 1. The number of halogens is 3. The third-order valence-corrected chi connectivity index (χ3v) is 7.53. The monoisotopic (exact) mass is 507 g/mol. The molecule has 3 heterocycles. The number of nitrogens with zero attached hydrogens (tertiary/aromatic N) is 4. The smallest absolute Gasteiger partial charge is 0.341 e. The van der Waals surface area contributed by atoms with Crippen molar-refractivity contribution in [1.29, 1.82) is 5.26 Å². The lowest BCUT2D eigenvalue weighted by Crippen LogP contribution is -2.48. The number of nitriles is 1. The van der Waals surface area contributed by atoms with Crippen LogP contribution in [0.4, 0.5) is 13.2 Å². The molecule has 37 heavy (non-hydrogen) atoms. The van der Waals surface area contributed by atoms with Crippen molar-refractivity contribution in [2.45, 2.75) is 37.8 Å². The number of hydrogen-bond donors (Lipinski definition) is 1. The minimum Gasteiger partial charge on any atom is -0.341 e. The van der Waals surface area contributed by atoms with E-state index in [2.05, 4.69) is 20.9 Å². The van der Waals surface area contributed by atoms with E-state index in [-0.39, 0.29) is 23.4 Å². The molecule has 2 fully saturated rings. The minimum atomic E-state index is -4.62. The first-order valence-electron chi connectivity index (χ1n) is 12.4. The molecule has 0 radical (unpaired) electrons. The number of H-pyrrole nitrogens is 1. The first-order valence-corrected chi connectivity index (χ1v) is 12.4. The maximum atomic E-state index is 14.0. The van der Waals surface area contributed by atoms with Crippen LogP contribution >= 0.6 is 0 Å². The van der Waals surface area contributed by atoms with Crippen LogP contribution in [0.1, 0.15) is 63.2 Å². The van der Waals surface area contributed by atoms with Crippen LogP contribution < -0.4 is 0 Å². The van der Waals surface area contributed by atoms with E-state index < -0.39 is 11.9 Å². The SMILES string of the molecule is Cc1ccc(C(=O)N2CC(c3ccc(C#N)cc3)C2)cc1-c1[nH]c(C2CCN(C)CC2)nc1C(F)(F)F. The quantitative estimate of drug-likeness (QED) is 0.518. The standard InChI is InChI=1S/C28H28F3N5O/c1-17-3-6-21(27(37)36-15-22(16-36)19-7-4-18(14-32)5-8-19)13-23(17)24-25(28(29,30)31)34-26(33-24)20-9-11-35(2)12-10-20/h3-8,13,20,22H,9-12,15-16H2,1-2H3,(H,33,34). The van der Waals surface area contributed by atoms with Gasteiger partial charge in [0.05, 0.1) is 17.3 Å². The Balaban J connectivity index is 1.39. The van der Waals surface area contributed by atoms with Crippen LogP contribution in [0, 0.1) is 18.3 Å². The number of aryl methyl sites for hydroxylation is 1. The Hall–Kier alpha value is -3.64. The third kappa shape index (κ3) is 4.98. The number of rotatable bonds is 4. The Labute approximate surface area is 213 Å². The molecule has 0 atom stereocenters. The highest BCUT2D eigenvalue weighted by molar-refractivity contribution is 5.96. The summed E-state index contributed by atoms with van der Waals surface area (Å²) in [4.78, 5) is 24.1. The van der Waals surface area contributed by atoms with E-state index in [9.17, 15) is 18.0 Å². The van der Waals surface area contributed by atoms with Gasteiger partial charge in [0.2, 0.25) is 0 Å². The van der Waals surface area contributed by atoms with Gasteiger partial charge in [0.15, 0.2) is 5.69 Å². The highest BCUT2D eigenvalue weighted by atomic mass is 19.4. The number of carbonyl (C=O) groups excluding carboxylic acids is 1. The molecular formula is C28H28F3N5O. The van der Waals surface area contributed by atoms with Crippen molar-refractivity contribution >= 4 is 5.91 Å². The first kappa shape index (κ1) is 25.0. The van der Waals surface area contributed by atoms with Crippen LogP contribution in [0.3, 0.4) is 0 Å². The predicted molar refractivity (Wildman–Crippen MR) is 133 cm³/mol. The Morgan fingerprint density at radius 2 is 1.76 bits per heavy atom. The molecule has 1 amide bonds. The lowest BCUT2D eigenvalue weighted by Gasteiger charge is -2.39. The summed E-state index contributed by atoms with van der Waals surface area (Å²) in [5.74, 6) is 0.258. The fraction of sp³-hybridized carbons (Fsp3) is 0.393. The van der Waals surface area contributed by atoms with Crippen molar-refractivity contribution in [3.05, 3.63) is 76.2 Å². The van der Waals surface area contributed by atoms with Gasteiger partial charge in [-0.15, -0.1) is 0 Å². The summed E-state index contributed by atoms with van der Waals surface area (Å²) in [5.41, 5.74) is 1.96. The fourth-order valence-corrected chi connectivity index (χ4v) is 5.16. The van der Waals surface area contributed by atoms with E-state index in [0.717, 1.165) is 31.5 Å². The molecule has 2 aromatic carbocycles. The highest BCUT2D eigenvalue weighted by Gasteiger charge is 2.39. The van der Waals surface area contributed by atoms with Gasteiger partial charge < -0.3 is 14.8 Å². The fourth-order valence-electron chi connectivity index (χ4n) is 5.16. The summed E-state index contributed by atoms with van der Waals surface area (Å²) in [6.45, 7) is 4.40. The number of hydrogen-bond acceptors (Lipinski definition) is 4. The molecule has 1 aromatic heterocycles. The van der Waals surface area contributed by atoms with Gasteiger partial charge in [0.1, 0.15) is 5.82 Å². The van der Waals surface area contributed by atoms with E-state index in [1.54, 1.807) is 42.2 Å². The molecule has 0 spiro atoms. The number of likely N-dealkylation sites (tertiary alicyclic amines) is 2. The normalized spacial score (nSPS) is 17.5. The Morgan fingerprint density at radius 1 is 1.08 bits per heavy atom. The lowest BCUT2D eigenvalue weighted by molar-refractivity contribution is -0.140. The number of alkyl halides is 3. The van der Waals surface area contributed by atoms with E-state index >= 15 is 0 Å². The molecule has 2 aliphatic rings. The molecule has 0 aliphatic carbocycles. The molecule has 0 bridgehead atoms. The second-order valence-corrected chi connectivity index (χ2v) is 10.1. The van der Waals surface area contributed by atoms with Crippen molar-refractivity contribution < 1.29 is 18.0 Å². The van der Waals surface area contributed by atoms with Gasteiger partial charge in [0.25, 0.3) is 5.91 Å². The van der Waals surface area contributed by atoms with Gasteiger partial charge >= 0.3 is 6.18 Å². The Morgan fingerprint density at radius 3 is 2.38 bits per heavy atom. The van der Waals surface area contributed by atoms with Gasteiger partial charge in [-0.1, -0.05) is 18.2 Å². The van der Waals surface area contributed by atoms with E-state index in [1.165, 1.54) is 0 Å². The van der Waals surface area contributed by atoms with Gasteiger partial charge in [0, 0.05) is 36.1 Å². The zero-order valence-electron chi connectivity index (χ0n) is 20.8. The summed E-state index contributed by atoms with van der Waals surface area (Å²) in [7, 11) is 2.00. The summed E-state index contributed by atoms with van der Waals surface area (Å²) >= 11 is 0. The molecule has 2 saturated heterocycles. The molecular weight excluding hydrogens is 479 g/mol.